The van der Waals surface area contributed by atoms with Crippen LogP contribution in [-0.4, -0.2) is 0 Å². The Morgan fingerprint density at radius 3 is 2.27 bits per heavy atom. The molecule has 126 valence electrons. The van der Waals surface area contributed by atoms with Crippen LogP contribution in [0.1, 0.15) is 114 Å². The second-order valence-electron chi connectivity index (χ2n) is 7.20. The maximum Gasteiger partial charge on any atom is 0.107 e. The first-order valence-electron chi connectivity index (χ1n) is 9.95. The van der Waals surface area contributed by atoms with Gasteiger partial charge in [-0.2, -0.15) is 0 Å². The van der Waals surface area contributed by atoms with E-state index in [-0.39, 0.29) is 0 Å². The van der Waals surface area contributed by atoms with E-state index in [9.17, 15) is 0 Å². The molecule has 0 unspecified atom stereocenters. The van der Waals surface area contributed by atoms with E-state index in [0.29, 0.717) is 0 Å². The van der Waals surface area contributed by atoms with E-state index in [1.807, 2.05) is 0 Å². The molecule has 1 aromatic heterocycles. The highest BCUT2D eigenvalue weighted by molar-refractivity contribution is 5.32. The van der Waals surface area contributed by atoms with Crippen LogP contribution in [0, 0.1) is 0 Å². The molecule has 0 aromatic carbocycles. The molecule has 1 nitrogen and oxygen atoms in total. The molecule has 1 aliphatic carbocycles. The summed E-state index contributed by atoms with van der Waals surface area (Å²) in [5.74, 6) is 2.11. The molecule has 1 aliphatic rings. The van der Waals surface area contributed by atoms with Crippen LogP contribution in [0.2, 0.25) is 0 Å². The fraction of sp³-hybridized carbons (Fsp3) is 0.810. The van der Waals surface area contributed by atoms with E-state index < -0.39 is 0 Å². The molecule has 1 saturated carbocycles. The van der Waals surface area contributed by atoms with Crippen LogP contribution in [0.3, 0.4) is 0 Å². The van der Waals surface area contributed by atoms with Crippen molar-refractivity contribution in [2.24, 2.45) is 0 Å². The summed E-state index contributed by atoms with van der Waals surface area (Å²) in [5.41, 5.74) is 3.20. The molecule has 0 aliphatic heterocycles. The zero-order chi connectivity index (χ0) is 15.6. The van der Waals surface area contributed by atoms with Crippen molar-refractivity contribution in [3.05, 3.63) is 23.2 Å². The van der Waals surface area contributed by atoms with Gasteiger partial charge in [-0.05, 0) is 49.1 Å². The van der Waals surface area contributed by atoms with Crippen molar-refractivity contribution in [3.63, 3.8) is 0 Å². The number of unbranched alkanes of at least 4 members (excludes halogenated alkanes) is 5. The fourth-order valence-electron chi connectivity index (χ4n) is 3.95. The zero-order valence-electron chi connectivity index (χ0n) is 15.0. The first kappa shape index (κ1) is 17.6. The van der Waals surface area contributed by atoms with Crippen LogP contribution in [-0.2, 0) is 12.8 Å². The highest BCUT2D eigenvalue weighted by atomic mass is 16.3. The third-order valence-corrected chi connectivity index (χ3v) is 5.35. The van der Waals surface area contributed by atoms with E-state index in [0.717, 1.165) is 12.3 Å². The molecular formula is C21H36O. The summed E-state index contributed by atoms with van der Waals surface area (Å²) in [4.78, 5) is 0. The second-order valence-corrected chi connectivity index (χ2v) is 7.20. The molecule has 1 fully saturated rings. The van der Waals surface area contributed by atoms with Crippen LogP contribution in [0.5, 0.6) is 0 Å². The van der Waals surface area contributed by atoms with Crippen LogP contribution < -0.4 is 0 Å². The van der Waals surface area contributed by atoms with Crippen molar-refractivity contribution in [2.45, 2.75) is 110 Å². The van der Waals surface area contributed by atoms with Crippen LogP contribution in [0.25, 0.3) is 0 Å². The summed E-state index contributed by atoms with van der Waals surface area (Å²) in [6, 6.07) is 0. The summed E-state index contributed by atoms with van der Waals surface area (Å²) in [6.45, 7) is 4.57. The number of rotatable bonds is 10. The highest BCUT2D eigenvalue weighted by Crippen LogP contribution is 2.37. The van der Waals surface area contributed by atoms with E-state index in [2.05, 4.69) is 20.1 Å². The first-order chi connectivity index (χ1) is 10.9. The maximum atomic E-state index is 6.05. The highest BCUT2D eigenvalue weighted by Gasteiger charge is 2.22. The molecule has 0 radical (unpaired) electrons. The molecule has 22 heavy (non-hydrogen) atoms. The first-order valence-corrected chi connectivity index (χ1v) is 9.95. The largest absolute Gasteiger partial charge is 0.469 e. The van der Waals surface area contributed by atoms with E-state index in [1.54, 1.807) is 11.1 Å². The lowest BCUT2D eigenvalue weighted by Crippen LogP contribution is -2.06. The van der Waals surface area contributed by atoms with Crippen molar-refractivity contribution < 1.29 is 4.42 Å². The summed E-state index contributed by atoms with van der Waals surface area (Å²) < 4.78 is 6.05. The van der Waals surface area contributed by atoms with Gasteiger partial charge >= 0.3 is 0 Å². The van der Waals surface area contributed by atoms with Gasteiger partial charge in [-0.1, -0.05) is 65.2 Å². The van der Waals surface area contributed by atoms with Crippen molar-refractivity contribution in [1.29, 1.82) is 0 Å². The van der Waals surface area contributed by atoms with Crippen molar-refractivity contribution in [1.82, 2.24) is 0 Å². The Kier molecular flexibility index (Phi) is 8.12. The number of hydrogen-bond acceptors (Lipinski definition) is 1. The Morgan fingerprint density at radius 2 is 1.55 bits per heavy atom. The lowest BCUT2D eigenvalue weighted by molar-refractivity contribution is 0.436. The Bertz CT molecular complexity index is 398. The molecule has 2 rings (SSSR count). The van der Waals surface area contributed by atoms with E-state index in [1.165, 1.54) is 89.2 Å². The molecule has 1 heteroatoms. The normalized spacial score (nSPS) is 16.3. The minimum atomic E-state index is 0.790. The summed E-state index contributed by atoms with van der Waals surface area (Å²) in [6.07, 6.45) is 20.9. The second kappa shape index (κ2) is 10.1. The van der Waals surface area contributed by atoms with Gasteiger partial charge in [-0.25, -0.2) is 0 Å². The standard InChI is InChI=1S/C21H36O/c1-3-5-7-12-15-19-20(18-13-10-8-11-14-18)17-22-21(19)16-9-6-4-2/h17-18H,3-16H2,1-2H3. The van der Waals surface area contributed by atoms with Crippen molar-refractivity contribution >= 4 is 0 Å². The summed E-state index contributed by atoms with van der Waals surface area (Å²) in [7, 11) is 0. The predicted octanol–water partition coefficient (Wildman–Crippen LogP) is 7.18. The summed E-state index contributed by atoms with van der Waals surface area (Å²) in [5, 5.41) is 0. The molecule has 1 heterocycles. The molecule has 0 N–H and O–H groups in total. The topological polar surface area (TPSA) is 13.1 Å². The van der Waals surface area contributed by atoms with E-state index >= 15 is 0 Å². The molecule has 0 atom stereocenters. The lowest BCUT2D eigenvalue weighted by Gasteiger charge is -2.22. The van der Waals surface area contributed by atoms with Gasteiger partial charge in [0.15, 0.2) is 0 Å². The van der Waals surface area contributed by atoms with Gasteiger partial charge < -0.3 is 4.42 Å². The molecular weight excluding hydrogens is 268 g/mol. The van der Waals surface area contributed by atoms with Gasteiger partial charge in [0.05, 0.1) is 6.26 Å². The SMILES string of the molecule is CCCCCCc1c(C2CCCCC2)coc1CCCCC. The van der Waals surface area contributed by atoms with Gasteiger partial charge in [0.2, 0.25) is 0 Å². The molecule has 0 bridgehead atoms. The minimum Gasteiger partial charge on any atom is -0.469 e. The van der Waals surface area contributed by atoms with Crippen LogP contribution in [0.15, 0.2) is 10.7 Å². The predicted molar refractivity (Wildman–Crippen MR) is 95.6 cm³/mol. The van der Waals surface area contributed by atoms with Crippen LogP contribution in [0.4, 0.5) is 0 Å². The molecule has 0 saturated heterocycles. The third kappa shape index (κ3) is 5.18. The molecule has 1 aromatic rings. The minimum absolute atomic E-state index is 0.790. The Balaban J connectivity index is 2.02. The Hall–Kier alpha value is -0.720. The molecule has 0 amide bonds. The Labute approximate surface area is 137 Å². The lowest BCUT2D eigenvalue weighted by atomic mass is 9.82. The quantitative estimate of drug-likeness (QED) is 0.417. The number of hydrogen-bond donors (Lipinski definition) is 0. The average Bonchev–Trinajstić information content (AvgIpc) is 2.96. The van der Waals surface area contributed by atoms with Crippen molar-refractivity contribution in [3.8, 4) is 0 Å². The third-order valence-electron chi connectivity index (χ3n) is 5.35. The van der Waals surface area contributed by atoms with E-state index in [4.69, 9.17) is 4.42 Å². The molecule has 0 spiro atoms. The number of furan rings is 1. The number of aryl methyl sites for hydroxylation is 1. The van der Waals surface area contributed by atoms with Gasteiger partial charge in [0.1, 0.15) is 5.76 Å². The van der Waals surface area contributed by atoms with Crippen molar-refractivity contribution in [2.75, 3.05) is 0 Å². The van der Waals surface area contributed by atoms with Gasteiger partial charge in [0.25, 0.3) is 0 Å². The monoisotopic (exact) mass is 304 g/mol. The Morgan fingerprint density at radius 1 is 0.864 bits per heavy atom. The summed E-state index contributed by atoms with van der Waals surface area (Å²) >= 11 is 0. The van der Waals surface area contributed by atoms with Gasteiger partial charge in [0, 0.05) is 6.42 Å². The average molecular weight is 305 g/mol. The fourth-order valence-corrected chi connectivity index (χ4v) is 3.95. The zero-order valence-corrected chi connectivity index (χ0v) is 15.0. The van der Waals surface area contributed by atoms with Crippen LogP contribution >= 0.6 is 0 Å². The van der Waals surface area contributed by atoms with Gasteiger partial charge in [-0.15, -0.1) is 0 Å². The maximum absolute atomic E-state index is 6.05. The smallest absolute Gasteiger partial charge is 0.107 e. The van der Waals surface area contributed by atoms with Gasteiger partial charge in [-0.3, -0.25) is 0 Å².